The van der Waals surface area contributed by atoms with E-state index in [9.17, 15) is 32.7 Å². The van der Waals surface area contributed by atoms with E-state index in [-0.39, 0.29) is 25.3 Å². The number of hydrogen-bond acceptors (Lipinski definition) is 10. The fourth-order valence-electron chi connectivity index (χ4n) is 8.23. The number of sulfonamides is 1. The smallest absolute Gasteiger partial charge is 0.405 e. The van der Waals surface area contributed by atoms with E-state index in [1.54, 1.807) is 13.1 Å². The van der Waals surface area contributed by atoms with Crippen molar-refractivity contribution in [1.82, 2.24) is 25.2 Å². The molecule has 4 amide bonds. The Morgan fingerprint density at radius 2 is 1.85 bits per heavy atom. The zero-order valence-corrected chi connectivity index (χ0v) is 31.8. The molecule has 5 aliphatic rings. The molecule has 2 saturated heterocycles. The summed E-state index contributed by atoms with van der Waals surface area (Å²) in [5.74, 6) is -2.44. The summed E-state index contributed by atoms with van der Waals surface area (Å²) >= 11 is 0. The molecular weight excluding hydrogens is 717 g/mol. The summed E-state index contributed by atoms with van der Waals surface area (Å²) in [6, 6.07) is 5.48. The number of benzene rings is 1. The van der Waals surface area contributed by atoms with Crippen LogP contribution in [-0.4, -0.2) is 109 Å². The van der Waals surface area contributed by atoms with E-state index in [4.69, 9.17) is 9.47 Å². The summed E-state index contributed by atoms with van der Waals surface area (Å²) < 4.78 is 39.6. The van der Waals surface area contributed by atoms with Gasteiger partial charge in [-0.1, -0.05) is 32.1 Å². The van der Waals surface area contributed by atoms with E-state index in [0.717, 1.165) is 36.0 Å². The van der Waals surface area contributed by atoms with Gasteiger partial charge in [0.15, 0.2) is 0 Å². The SMILES string of the molecule is C[C@H]1CCC=C[C@@H]2C[C@@]2(C(=O)NS(=O)(=O)C2(C)CC2)NC(=O)[C@@H]2C[C@@H](Oc3nccc4c(N5CCOCC5)cccc34)CN2C(=O)[C@@H](NC(=O)O)[C@H](C)C1. The maximum atomic E-state index is 14.5. The summed E-state index contributed by atoms with van der Waals surface area (Å²) in [5.41, 5.74) is -0.526. The van der Waals surface area contributed by atoms with Crippen molar-refractivity contribution < 1.29 is 42.2 Å². The summed E-state index contributed by atoms with van der Waals surface area (Å²) in [7, 11) is -4.00. The first kappa shape index (κ1) is 37.9. The molecule has 2 saturated carbocycles. The lowest BCUT2D eigenvalue weighted by atomic mass is 9.88. The molecule has 0 spiro atoms. The molecule has 3 aliphatic heterocycles. The van der Waals surface area contributed by atoms with E-state index < -0.39 is 74.1 Å². The number of allylic oxidation sites excluding steroid dienone is 1. The van der Waals surface area contributed by atoms with Crippen LogP contribution in [0.2, 0.25) is 0 Å². The van der Waals surface area contributed by atoms with Gasteiger partial charge in [0.1, 0.15) is 23.7 Å². The van der Waals surface area contributed by atoms with Crippen LogP contribution in [0.4, 0.5) is 10.5 Å². The topological polar surface area (TPSA) is 197 Å². The van der Waals surface area contributed by atoms with Crippen molar-refractivity contribution in [2.24, 2.45) is 17.8 Å². The molecule has 0 unspecified atom stereocenters. The number of pyridine rings is 1. The van der Waals surface area contributed by atoms with Crippen LogP contribution in [0.5, 0.6) is 5.88 Å². The minimum Gasteiger partial charge on any atom is -0.472 e. The number of aromatic nitrogens is 1. The summed E-state index contributed by atoms with van der Waals surface area (Å²) in [6.07, 6.45) is 6.40. The number of nitrogens with zero attached hydrogens (tertiary/aromatic N) is 3. The molecular formula is C38H50N6O9S. The molecule has 1 aromatic carbocycles. The molecule has 2 aromatic rings. The fourth-order valence-corrected chi connectivity index (χ4v) is 9.54. The third kappa shape index (κ3) is 7.46. The highest BCUT2D eigenvalue weighted by Gasteiger charge is 2.63. The number of carboxylic acid groups (broad SMARTS) is 1. The van der Waals surface area contributed by atoms with Crippen molar-refractivity contribution in [1.29, 1.82) is 0 Å². The van der Waals surface area contributed by atoms with E-state index in [1.807, 2.05) is 50.3 Å². The third-order valence-electron chi connectivity index (χ3n) is 11.9. The van der Waals surface area contributed by atoms with Gasteiger partial charge in [0.05, 0.1) is 24.5 Å². The maximum Gasteiger partial charge on any atom is 0.405 e. The Balaban J connectivity index is 1.21. The molecule has 0 bridgehead atoms. The number of morpholine rings is 1. The lowest BCUT2D eigenvalue weighted by Crippen LogP contribution is -2.59. The van der Waals surface area contributed by atoms with Gasteiger partial charge in [-0.3, -0.25) is 19.1 Å². The second-order valence-corrected chi connectivity index (χ2v) is 18.2. The number of carbonyl (C=O) groups excluding carboxylic acids is 3. The van der Waals surface area contributed by atoms with Gasteiger partial charge in [-0.25, -0.2) is 18.2 Å². The number of amides is 4. The Morgan fingerprint density at radius 3 is 2.57 bits per heavy atom. The van der Waals surface area contributed by atoms with Gasteiger partial charge < -0.3 is 35.0 Å². The highest BCUT2D eigenvalue weighted by molar-refractivity contribution is 7.91. The summed E-state index contributed by atoms with van der Waals surface area (Å²) in [4.78, 5) is 62.9. The van der Waals surface area contributed by atoms with Crippen molar-refractivity contribution in [3.05, 3.63) is 42.6 Å². The normalized spacial score (nSPS) is 31.3. The van der Waals surface area contributed by atoms with Crippen LogP contribution < -0.4 is 25.0 Å². The molecule has 54 heavy (non-hydrogen) atoms. The molecule has 4 heterocycles. The van der Waals surface area contributed by atoms with E-state index in [0.29, 0.717) is 44.8 Å². The molecule has 16 heteroatoms. The van der Waals surface area contributed by atoms with Gasteiger partial charge >= 0.3 is 6.09 Å². The molecule has 2 aliphatic carbocycles. The zero-order valence-electron chi connectivity index (χ0n) is 31.0. The van der Waals surface area contributed by atoms with E-state index in [2.05, 4.69) is 25.2 Å². The fraction of sp³-hybridized carbons (Fsp3) is 0.605. The second kappa shape index (κ2) is 14.7. The first-order chi connectivity index (χ1) is 25.7. The van der Waals surface area contributed by atoms with Crippen LogP contribution in [0.25, 0.3) is 10.8 Å². The number of fused-ring (bicyclic) bond motifs is 3. The quantitative estimate of drug-likeness (QED) is 0.303. The maximum absolute atomic E-state index is 14.5. The average molecular weight is 767 g/mol. The van der Waals surface area contributed by atoms with Crippen molar-refractivity contribution >= 4 is 50.3 Å². The summed E-state index contributed by atoms with van der Waals surface area (Å²) in [5, 5.41) is 16.8. The number of anilines is 1. The predicted molar refractivity (Wildman–Crippen MR) is 199 cm³/mol. The Hall–Kier alpha value is -4.44. The van der Waals surface area contributed by atoms with Gasteiger partial charge in [0.25, 0.3) is 5.91 Å². The number of ether oxygens (including phenoxy) is 2. The Bertz CT molecular complexity index is 1950. The molecule has 4 fully saturated rings. The van der Waals surface area contributed by atoms with Gasteiger partial charge in [-0.15, -0.1) is 0 Å². The zero-order chi connectivity index (χ0) is 38.4. The third-order valence-corrected chi connectivity index (χ3v) is 14.1. The van der Waals surface area contributed by atoms with Crippen LogP contribution in [0, 0.1) is 17.8 Å². The summed E-state index contributed by atoms with van der Waals surface area (Å²) in [6.45, 7) is 8.10. The lowest BCUT2D eigenvalue weighted by Gasteiger charge is -2.32. The Kier molecular flexibility index (Phi) is 10.3. The highest BCUT2D eigenvalue weighted by atomic mass is 32.2. The molecule has 1 aromatic heterocycles. The number of nitrogens with one attached hydrogen (secondary N) is 3. The molecule has 15 nitrogen and oxygen atoms in total. The first-order valence-electron chi connectivity index (χ1n) is 18.9. The number of rotatable bonds is 7. The van der Waals surface area contributed by atoms with Crippen molar-refractivity contribution in [3.63, 3.8) is 0 Å². The number of hydrogen-bond donors (Lipinski definition) is 4. The van der Waals surface area contributed by atoms with Gasteiger partial charge in [-0.05, 0) is 75.5 Å². The van der Waals surface area contributed by atoms with Crippen LogP contribution in [-0.2, 0) is 29.1 Å². The van der Waals surface area contributed by atoms with Crippen LogP contribution in [0.1, 0.15) is 65.7 Å². The lowest BCUT2D eigenvalue weighted by molar-refractivity contribution is -0.142. The highest BCUT2D eigenvalue weighted by Crippen LogP contribution is 2.47. The molecule has 0 radical (unpaired) electrons. The Labute approximate surface area is 315 Å². The minimum atomic E-state index is -4.00. The molecule has 4 N–H and O–H groups in total. The average Bonchev–Trinajstić information content (AvgIpc) is 4.02. The van der Waals surface area contributed by atoms with Crippen LogP contribution >= 0.6 is 0 Å². The van der Waals surface area contributed by atoms with Crippen molar-refractivity contribution in [2.45, 2.75) is 94.2 Å². The molecule has 292 valence electrons. The Morgan fingerprint density at radius 1 is 1.09 bits per heavy atom. The minimum absolute atomic E-state index is 0.0257. The van der Waals surface area contributed by atoms with E-state index >= 15 is 0 Å². The monoisotopic (exact) mass is 766 g/mol. The van der Waals surface area contributed by atoms with Crippen molar-refractivity contribution in [3.8, 4) is 5.88 Å². The standard InChI is InChI=1S/C38H50N6O9S/c1-23-7-4-5-8-25-21-38(25,35(47)42-54(50,51)37(3)12-13-37)41-32(45)30-20-26(22-44(30)34(46)31(24(2)19-23)40-36(48)49)53-33-28-9-6-10-29(27(28)11-14-39-33)43-15-17-52-18-16-43/h5-6,8-11,14,23-26,30-31,40H,4,7,12-13,15-22H2,1-3H3,(H,41,45)(H,42,47)(H,48,49)/t23-,24+,25+,26+,30-,31-,38+/m0/s1. The van der Waals surface area contributed by atoms with Gasteiger partial charge in [0.2, 0.25) is 27.7 Å². The number of carbonyl (C=O) groups is 4. The second-order valence-electron chi connectivity index (χ2n) is 16.0. The largest absolute Gasteiger partial charge is 0.472 e. The molecule has 7 rings (SSSR count). The molecule has 7 atom stereocenters. The van der Waals surface area contributed by atoms with E-state index in [1.165, 1.54) is 4.90 Å². The van der Waals surface area contributed by atoms with Gasteiger partial charge in [-0.2, -0.15) is 0 Å². The van der Waals surface area contributed by atoms with Crippen molar-refractivity contribution in [2.75, 3.05) is 37.7 Å². The van der Waals surface area contributed by atoms with Crippen LogP contribution in [0.15, 0.2) is 42.6 Å². The predicted octanol–water partition coefficient (Wildman–Crippen LogP) is 2.94. The van der Waals surface area contributed by atoms with Crippen LogP contribution in [0.3, 0.4) is 0 Å². The van der Waals surface area contributed by atoms with Gasteiger partial charge in [0, 0.05) is 48.1 Å². The first-order valence-corrected chi connectivity index (χ1v) is 20.4.